The summed E-state index contributed by atoms with van der Waals surface area (Å²) < 4.78 is 34.0. The lowest BCUT2D eigenvalue weighted by Crippen LogP contribution is -2.41. The lowest BCUT2D eigenvalue weighted by Gasteiger charge is -2.27. The summed E-state index contributed by atoms with van der Waals surface area (Å²) in [5.41, 5.74) is -0.256. The average molecular weight is 235 g/mol. The minimum absolute atomic E-state index is 0.204. The van der Waals surface area contributed by atoms with Crippen LogP contribution in [0.1, 0.15) is 13.3 Å². The van der Waals surface area contributed by atoms with Crippen molar-refractivity contribution in [2.24, 2.45) is 5.41 Å². The molecule has 2 atom stereocenters. The molecule has 2 aliphatic heterocycles. The normalized spacial score (nSPS) is 36.5. The van der Waals surface area contributed by atoms with Crippen LogP contribution in [-0.2, 0) is 19.0 Å². The van der Waals surface area contributed by atoms with Gasteiger partial charge in [0, 0.05) is 25.1 Å². The zero-order valence-electron chi connectivity index (χ0n) is 8.86. The molecule has 0 amide bonds. The van der Waals surface area contributed by atoms with Crippen LogP contribution in [0.3, 0.4) is 0 Å². The highest BCUT2D eigenvalue weighted by atomic mass is 32.2. The smallest absolute Gasteiger partial charge is 0.272 e. The van der Waals surface area contributed by atoms with E-state index in [4.69, 9.17) is 8.92 Å². The number of rotatable bonds is 3. The first kappa shape index (κ1) is 11.3. The molecular weight excluding hydrogens is 218 g/mol. The molecular formula is C9H17NO4S. The molecule has 6 heteroatoms. The molecule has 0 bridgehead atoms. The summed E-state index contributed by atoms with van der Waals surface area (Å²) in [6, 6.07) is 0. The molecule has 88 valence electrons. The fraction of sp³-hybridized carbons (Fsp3) is 1.00. The summed E-state index contributed by atoms with van der Waals surface area (Å²) >= 11 is 0. The lowest BCUT2D eigenvalue weighted by molar-refractivity contribution is 0.158. The predicted octanol–water partition coefficient (Wildman–Crippen LogP) is -0.269. The third-order valence-electron chi connectivity index (χ3n) is 3.25. The van der Waals surface area contributed by atoms with Gasteiger partial charge in [0.05, 0.1) is 13.2 Å². The highest BCUT2D eigenvalue weighted by molar-refractivity contribution is 7.87. The topological polar surface area (TPSA) is 64.6 Å². The Hall–Kier alpha value is -0.170. The van der Waals surface area contributed by atoms with Crippen molar-refractivity contribution < 1.29 is 17.3 Å². The number of ether oxygens (including phenoxy) is 1. The average Bonchev–Trinajstić information content (AvgIpc) is 2.77. The van der Waals surface area contributed by atoms with Crippen LogP contribution in [0.15, 0.2) is 0 Å². The second-order valence-corrected chi connectivity index (χ2v) is 5.97. The Morgan fingerprint density at radius 3 is 3.00 bits per heavy atom. The predicted molar refractivity (Wildman–Crippen MR) is 55.1 cm³/mol. The second kappa shape index (κ2) is 4.01. The Morgan fingerprint density at radius 1 is 1.60 bits per heavy atom. The Morgan fingerprint density at radius 2 is 2.40 bits per heavy atom. The van der Waals surface area contributed by atoms with E-state index in [9.17, 15) is 8.42 Å². The van der Waals surface area contributed by atoms with Crippen LogP contribution in [0.2, 0.25) is 0 Å². The molecule has 0 aromatic rings. The van der Waals surface area contributed by atoms with Gasteiger partial charge in [0.1, 0.15) is 5.25 Å². The highest BCUT2D eigenvalue weighted by Crippen LogP contribution is 2.39. The molecule has 2 saturated heterocycles. The van der Waals surface area contributed by atoms with E-state index >= 15 is 0 Å². The van der Waals surface area contributed by atoms with Crippen LogP contribution in [0, 0.1) is 5.41 Å². The maximum absolute atomic E-state index is 11.9. The van der Waals surface area contributed by atoms with Crippen LogP contribution in [0.5, 0.6) is 0 Å². The first-order chi connectivity index (χ1) is 7.11. The van der Waals surface area contributed by atoms with Crippen LogP contribution in [-0.4, -0.2) is 46.6 Å². The van der Waals surface area contributed by atoms with Crippen LogP contribution >= 0.6 is 0 Å². The van der Waals surface area contributed by atoms with Gasteiger partial charge in [0.25, 0.3) is 10.1 Å². The quantitative estimate of drug-likeness (QED) is 0.682. The molecule has 1 spiro atoms. The van der Waals surface area contributed by atoms with Crippen molar-refractivity contribution in [1.82, 2.24) is 5.32 Å². The van der Waals surface area contributed by atoms with Gasteiger partial charge in [0.2, 0.25) is 0 Å². The fourth-order valence-electron chi connectivity index (χ4n) is 2.45. The molecule has 0 aromatic carbocycles. The Balaban J connectivity index is 2.21. The number of nitrogens with one attached hydrogen (secondary N) is 1. The van der Waals surface area contributed by atoms with Gasteiger partial charge in [-0.25, -0.2) is 0 Å². The van der Waals surface area contributed by atoms with Gasteiger partial charge in [-0.05, 0) is 13.3 Å². The van der Waals surface area contributed by atoms with E-state index in [0.29, 0.717) is 26.3 Å². The highest BCUT2D eigenvalue weighted by Gasteiger charge is 2.52. The minimum Gasteiger partial charge on any atom is -0.381 e. The molecule has 0 radical (unpaired) electrons. The van der Waals surface area contributed by atoms with E-state index in [-0.39, 0.29) is 12.0 Å². The largest absolute Gasteiger partial charge is 0.381 e. The monoisotopic (exact) mass is 235 g/mol. The van der Waals surface area contributed by atoms with Crippen molar-refractivity contribution in [3.63, 3.8) is 0 Å². The minimum atomic E-state index is -3.44. The number of hydrogen-bond acceptors (Lipinski definition) is 5. The van der Waals surface area contributed by atoms with Crippen molar-refractivity contribution in [1.29, 1.82) is 0 Å². The lowest BCUT2D eigenvalue weighted by atomic mass is 9.86. The number of hydrogen-bond donors (Lipinski definition) is 1. The molecule has 2 heterocycles. The van der Waals surface area contributed by atoms with Crippen molar-refractivity contribution in [3.05, 3.63) is 0 Å². The zero-order valence-corrected chi connectivity index (χ0v) is 9.68. The van der Waals surface area contributed by atoms with E-state index in [2.05, 4.69) is 5.32 Å². The first-order valence-electron chi connectivity index (χ1n) is 5.27. The van der Waals surface area contributed by atoms with E-state index in [1.54, 1.807) is 6.92 Å². The summed E-state index contributed by atoms with van der Waals surface area (Å²) in [4.78, 5) is 0. The van der Waals surface area contributed by atoms with Crippen molar-refractivity contribution >= 4 is 10.1 Å². The Kier molecular flexibility index (Phi) is 3.03. The molecule has 2 rings (SSSR count). The van der Waals surface area contributed by atoms with Crippen LogP contribution < -0.4 is 5.32 Å². The van der Waals surface area contributed by atoms with E-state index in [1.165, 1.54) is 0 Å². The van der Waals surface area contributed by atoms with Gasteiger partial charge < -0.3 is 10.1 Å². The van der Waals surface area contributed by atoms with Gasteiger partial charge >= 0.3 is 0 Å². The van der Waals surface area contributed by atoms with Gasteiger partial charge in [-0.3, -0.25) is 4.18 Å². The van der Waals surface area contributed by atoms with E-state index in [0.717, 1.165) is 6.42 Å². The van der Waals surface area contributed by atoms with Crippen molar-refractivity contribution in [2.75, 3.05) is 32.9 Å². The standard InChI is InChI=1S/C9H17NO4S/c1-2-14-15(11,12)8-5-10-6-9(8)3-4-13-7-9/h8,10H,2-7H2,1H3. The molecule has 0 saturated carbocycles. The molecule has 2 unspecified atom stereocenters. The maximum Gasteiger partial charge on any atom is 0.272 e. The summed E-state index contributed by atoms with van der Waals surface area (Å²) in [5, 5.41) is 2.68. The molecule has 0 aromatic heterocycles. The molecule has 1 N–H and O–H groups in total. The second-order valence-electron chi connectivity index (χ2n) is 4.18. The summed E-state index contributed by atoms with van der Waals surface area (Å²) in [7, 11) is -3.44. The van der Waals surface area contributed by atoms with E-state index in [1.807, 2.05) is 0 Å². The SMILES string of the molecule is CCOS(=O)(=O)C1CNCC12CCOC2. The summed E-state index contributed by atoms with van der Waals surface area (Å²) in [6.07, 6.45) is 0.803. The van der Waals surface area contributed by atoms with Gasteiger partial charge in [-0.15, -0.1) is 0 Å². The van der Waals surface area contributed by atoms with Crippen molar-refractivity contribution in [3.8, 4) is 0 Å². The van der Waals surface area contributed by atoms with Crippen LogP contribution in [0.25, 0.3) is 0 Å². The first-order valence-corrected chi connectivity index (χ1v) is 6.74. The fourth-order valence-corrected chi connectivity index (χ4v) is 4.15. The van der Waals surface area contributed by atoms with Crippen LogP contribution in [0.4, 0.5) is 0 Å². The zero-order chi connectivity index (χ0) is 10.9. The third kappa shape index (κ3) is 1.91. The van der Waals surface area contributed by atoms with Gasteiger partial charge in [0.15, 0.2) is 0 Å². The summed E-state index contributed by atoms with van der Waals surface area (Å²) in [6.45, 7) is 4.26. The van der Waals surface area contributed by atoms with E-state index < -0.39 is 15.4 Å². The molecule has 2 fully saturated rings. The molecule has 2 aliphatic rings. The third-order valence-corrected chi connectivity index (χ3v) is 5.18. The Labute approximate surface area is 90.3 Å². The maximum atomic E-state index is 11.9. The van der Waals surface area contributed by atoms with Gasteiger partial charge in [-0.1, -0.05) is 0 Å². The molecule has 0 aliphatic carbocycles. The summed E-state index contributed by atoms with van der Waals surface area (Å²) in [5.74, 6) is 0. The van der Waals surface area contributed by atoms with Crippen molar-refractivity contribution in [2.45, 2.75) is 18.6 Å². The molecule has 5 nitrogen and oxygen atoms in total. The Bertz CT molecular complexity index is 315. The van der Waals surface area contributed by atoms with Gasteiger partial charge in [-0.2, -0.15) is 8.42 Å². The molecule has 15 heavy (non-hydrogen) atoms.